The number of likely N-dealkylation sites (N-methyl/N-ethyl adjacent to an activating group) is 1. The molecule has 8 heteroatoms. The molecule has 1 fully saturated rings. The van der Waals surface area contributed by atoms with Gasteiger partial charge in [-0.15, -0.1) is 0 Å². The number of carbonyl (C=O) groups is 1. The van der Waals surface area contributed by atoms with E-state index in [1.807, 2.05) is 24.3 Å². The molecule has 0 aliphatic carbocycles. The van der Waals surface area contributed by atoms with E-state index in [1.54, 1.807) is 18.5 Å². The summed E-state index contributed by atoms with van der Waals surface area (Å²) < 4.78 is 0. The van der Waals surface area contributed by atoms with Crippen molar-refractivity contribution in [1.29, 1.82) is 0 Å². The van der Waals surface area contributed by atoms with E-state index >= 15 is 0 Å². The van der Waals surface area contributed by atoms with Crippen LogP contribution < -0.4 is 5.32 Å². The number of hydrogen-bond acceptors (Lipinski definition) is 5. The molecule has 0 bridgehead atoms. The smallest absolute Gasteiger partial charge is 0.255 e. The molecule has 5 rings (SSSR count). The molecule has 4 aromatic rings. The first-order valence-corrected chi connectivity index (χ1v) is 10.9. The van der Waals surface area contributed by atoms with Gasteiger partial charge in [0.15, 0.2) is 0 Å². The monoisotopic (exact) mass is 429 g/mol. The molecule has 0 saturated carbocycles. The lowest BCUT2D eigenvalue weighted by Gasteiger charge is -2.32. The number of fused-ring (bicyclic) bond motifs is 1. The van der Waals surface area contributed by atoms with Crippen molar-refractivity contribution in [2.75, 3.05) is 45.1 Å². The van der Waals surface area contributed by atoms with Gasteiger partial charge in [-0.1, -0.05) is 12.1 Å². The molecular formula is C24H27N7O. The fraction of sp³-hybridized carbons (Fsp3) is 0.292. The summed E-state index contributed by atoms with van der Waals surface area (Å²) in [7, 11) is 2.18. The zero-order chi connectivity index (χ0) is 21.9. The zero-order valence-corrected chi connectivity index (χ0v) is 18.1. The van der Waals surface area contributed by atoms with Crippen molar-refractivity contribution < 1.29 is 4.79 Å². The third kappa shape index (κ3) is 4.56. The van der Waals surface area contributed by atoms with Crippen LogP contribution >= 0.6 is 0 Å². The first-order chi connectivity index (χ1) is 15.6. The number of nitrogens with zero attached hydrogens (tertiary/aromatic N) is 4. The van der Waals surface area contributed by atoms with Crippen molar-refractivity contribution in [2.45, 2.75) is 6.42 Å². The van der Waals surface area contributed by atoms with Crippen molar-refractivity contribution in [2.24, 2.45) is 0 Å². The van der Waals surface area contributed by atoms with Crippen LogP contribution in [-0.2, 0) is 6.42 Å². The molecule has 0 spiro atoms. The molecule has 0 unspecified atom stereocenters. The van der Waals surface area contributed by atoms with Crippen LogP contribution in [0, 0.1) is 0 Å². The second-order valence-corrected chi connectivity index (χ2v) is 8.35. The van der Waals surface area contributed by atoms with Crippen molar-refractivity contribution in [3.63, 3.8) is 0 Å². The lowest BCUT2D eigenvalue weighted by Crippen LogP contribution is -2.45. The van der Waals surface area contributed by atoms with Gasteiger partial charge < -0.3 is 20.1 Å². The fourth-order valence-electron chi connectivity index (χ4n) is 3.98. The summed E-state index contributed by atoms with van der Waals surface area (Å²) in [6.45, 7) is 5.62. The minimum atomic E-state index is -0.142. The minimum Gasteiger partial charge on any atom is -0.338 e. The summed E-state index contributed by atoms with van der Waals surface area (Å²) in [5.74, 6) is 0.579. The molecule has 3 N–H and O–H groups in total. The standard InChI is InChI=1S/C24H27N7O/c1-30-10-12-31(13-11-30)9-8-17-2-5-20(6-3-17)27-24(32)18-4-7-21-22(14-18)29-23(28-21)19-15-25-26-16-19/h2-7,14-16H,8-13H2,1H3,(H,25,26)(H,27,32)(H,28,29). The Hall–Kier alpha value is -3.49. The highest BCUT2D eigenvalue weighted by molar-refractivity contribution is 6.06. The van der Waals surface area contributed by atoms with Crippen LogP contribution in [-0.4, -0.2) is 75.6 Å². The molecule has 1 aliphatic rings. The van der Waals surface area contributed by atoms with Gasteiger partial charge in [-0.05, 0) is 49.4 Å². The summed E-state index contributed by atoms with van der Waals surface area (Å²) >= 11 is 0. The number of benzene rings is 2. The average Bonchev–Trinajstić information content (AvgIpc) is 3.49. The Morgan fingerprint density at radius 3 is 2.66 bits per heavy atom. The molecule has 1 aliphatic heterocycles. The highest BCUT2D eigenvalue weighted by Gasteiger charge is 2.14. The number of nitrogens with one attached hydrogen (secondary N) is 3. The molecule has 164 valence electrons. The van der Waals surface area contributed by atoms with E-state index in [2.05, 4.69) is 54.5 Å². The van der Waals surface area contributed by atoms with E-state index in [-0.39, 0.29) is 5.91 Å². The van der Waals surface area contributed by atoms with Gasteiger partial charge in [-0.2, -0.15) is 5.10 Å². The molecule has 8 nitrogen and oxygen atoms in total. The topological polar surface area (TPSA) is 92.9 Å². The van der Waals surface area contributed by atoms with E-state index in [4.69, 9.17) is 0 Å². The van der Waals surface area contributed by atoms with E-state index < -0.39 is 0 Å². The second-order valence-electron chi connectivity index (χ2n) is 8.35. The second kappa shape index (κ2) is 8.94. The Morgan fingerprint density at radius 2 is 1.91 bits per heavy atom. The number of carbonyl (C=O) groups excluding carboxylic acids is 1. The van der Waals surface area contributed by atoms with Crippen LogP contribution in [0.15, 0.2) is 54.9 Å². The van der Waals surface area contributed by atoms with Gasteiger partial charge in [0.25, 0.3) is 5.91 Å². The van der Waals surface area contributed by atoms with Crippen LogP contribution in [0.1, 0.15) is 15.9 Å². The van der Waals surface area contributed by atoms with Crippen LogP contribution in [0.5, 0.6) is 0 Å². The maximum atomic E-state index is 12.8. The number of rotatable bonds is 6. The maximum Gasteiger partial charge on any atom is 0.255 e. The van der Waals surface area contributed by atoms with Gasteiger partial charge >= 0.3 is 0 Å². The minimum absolute atomic E-state index is 0.142. The van der Waals surface area contributed by atoms with Gasteiger partial charge in [0, 0.05) is 50.2 Å². The number of imidazole rings is 1. The number of hydrogen-bond donors (Lipinski definition) is 3. The third-order valence-electron chi connectivity index (χ3n) is 6.04. The Kier molecular flexibility index (Phi) is 5.70. The molecule has 1 amide bonds. The summed E-state index contributed by atoms with van der Waals surface area (Å²) in [5.41, 5.74) is 5.16. The number of aromatic nitrogens is 4. The molecule has 0 radical (unpaired) electrons. The van der Waals surface area contributed by atoms with Gasteiger partial charge in [-0.25, -0.2) is 4.98 Å². The fourth-order valence-corrected chi connectivity index (χ4v) is 3.98. The van der Waals surface area contributed by atoms with Crippen LogP contribution in [0.25, 0.3) is 22.4 Å². The van der Waals surface area contributed by atoms with Gasteiger partial charge in [-0.3, -0.25) is 9.89 Å². The lowest BCUT2D eigenvalue weighted by atomic mass is 10.1. The van der Waals surface area contributed by atoms with Gasteiger partial charge in [0.2, 0.25) is 0 Å². The van der Waals surface area contributed by atoms with Gasteiger partial charge in [0.1, 0.15) is 5.82 Å². The number of H-pyrrole nitrogens is 2. The number of piperazine rings is 1. The first kappa shape index (κ1) is 20.4. The molecule has 32 heavy (non-hydrogen) atoms. The molecule has 1 saturated heterocycles. The molecule has 2 aromatic heterocycles. The van der Waals surface area contributed by atoms with E-state index in [0.717, 1.165) is 67.3 Å². The molecule has 0 atom stereocenters. The predicted octanol–water partition coefficient (Wildman–Crippen LogP) is 3.00. The average molecular weight is 430 g/mol. The third-order valence-corrected chi connectivity index (χ3v) is 6.04. The van der Waals surface area contributed by atoms with Crippen LogP contribution in [0.2, 0.25) is 0 Å². The SMILES string of the molecule is CN1CCN(CCc2ccc(NC(=O)c3ccc4nc(-c5cn[nH]c5)[nH]c4c3)cc2)CC1. The highest BCUT2D eigenvalue weighted by atomic mass is 16.1. The Bertz CT molecular complexity index is 1190. The van der Waals surface area contributed by atoms with E-state index in [9.17, 15) is 4.79 Å². The van der Waals surface area contributed by atoms with Crippen LogP contribution in [0.3, 0.4) is 0 Å². The summed E-state index contributed by atoms with van der Waals surface area (Å²) in [6.07, 6.45) is 4.51. The van der Waals surface area contributed by atoms with Crippen molar-refractivity contribution in [3.05, 3.63) is 66.0 Å². The number of amides is 1. The summed E-state index contributed by atoms with van der Waals surface area (Å²) in [5, 5.41) is 9.72. The Morgan fingerprint density at radius 1 is 1.09 bits per heavy atom. The number of aromatic amines is 2. The largest absolute Gasteiger partial charge is 0.338 e. The molecular weight excluding hydrogens is 402 g/mol. The summed E-state index contributed by atoms with van der Waals surface area (Å²) in [6, 6.07) is 13.6. The van der Waals surface area contributed by atoms with Gasteiger partial charge in [0.05, 0.1) is 22.8 Å². The quantitative estimate of drug-likeness (QED) is 0.438. The predicted molar refractivity (Wildman–Crippen MR) is 126 cm³/mol. The summed E-state index contributed by atoms with van der Waals surface area (Å²) in [4.78, 5) is 25.5. The molecule has 3 heterocycles. The van der Waals surface area contributed by atoms with Crippen LogP contribution in [0.4, 0.5) is 5.69 Å². The highest BCUT2D eigenvalue weighted by Crippen LogP contribution is 2.21. The lowest BCUT2D eigenvalue weighted by molar-refractivity contribution is 0.102. The normalized spacial score (nSPS) is 15.3. The molecule has 2 aromatic carbocycles. The Labute approximate surface area is 186 Å². The zero-order valence-electron chi connectivity index (χ0n) is 18.1. The van der Waals surface area contributed by atoms with Crippen molar-refractivity contribution >= 4 is 22.6 Å². The van der Waals surface area contributed by atoms with Crippen molar-refractivity contribution in [1.82, 2.24) is 30.0 Å². The van der Waals surface area contributed by atoms with E-state index in [1.165, 1.54) is 5.56 Å². The van der Waals surface area contributed by atoms with Crippen molar-refractivity contribution in [3.8, 4) is 11.4 Å². The number of anilines is 1. The first-order valence-electron chi connectivity index (χ1n) is 10.9. The maximum absolute atomic E-state index is 12.8. The van der Waals surface area contributed by atoms with E-state index in [0.29, 0.717) is 5.56 Å². The Balaban J connectivity index is 1.20.